The van der Waals surface area contributed by atoms with Gasteiger partial charge in [-0.25, -0.2) is 0 Å². The Balaban J connectivity index is 2.32. The van der Waals surface area contributed by atoms with Gasteiger partial charge in [0.2, 0.25) is 5.88 Å². The van der Waals surface area contributed by atoms with Crippen LogP contribution >= 0.6 is 39.1 Å². The predicted molar refractivity (Wildman–Crippen MR) is 92.0 cm³/mol. The monoisotopic (exact) mass is 388 g/mol. The van der Waals surface area contributed by atoms with Crippen LogP contribution in [0.4, 0.5) is 5.82 Å². The van der Waals surface area contributed by atoms with Gasteiger partial charge in [-0.05, 0) is 37.1 Å². The van der Waals surface area contributed by atoms with E-state index in [1.165, 1.54) is 0 Å². The Bertz CT molecular complexity index is 650. The van der Waals surface area contributed by atoms with E-state index in [-0.39, 0.29) is 0 Å². The number of aryl methyl sites for hydroxylation is 1. The minimum atomic E-state index is 0.334. The van der Waals surface area contributed by atoms with Gasteiger partial charge in [0.25, 0.3) is 0 Å². The first-order valence-electron chi connectivity index (χ1n) is 6.55. The molecule has 2 aromatic rings. The number of hydrogen-bond acceptors (Lipinski definition) is 3. The Hall–Kier alpha value is -0.970. The highest BCUT2D eigenvalue weighted by molar-refractivity contribution is 9.10. The molecule has 1 heterocycles. The molecule has 3 nitrogen and oxygen atoms in total. The molecule has 0 atom stereocenters. The van der Waals surface area contributed by atoms with E-state index in [9.17, 15) is 0 Å². The molecular weight excluding hydrogens is 375 g/mol. The number of rotatable bonds is 5. The third kappa shape index (κ3) is 4.25. The first kappa shape index (κ1) is 16.4. The lowest BCUT2D eigenvalue weighted by atomic mass is 10.2. The Morgan fingerprint density at radius 1 is 1.24 bits per heavy atom. The Kier molecular flexibility index (Phi) is 5.73. The highest BCUT2D eigenvalue weighted by Crippen LogP contribution is 2.35. The van der Waals surface area contributed by atoms with E-state index in [1.807, 2.05) is 25.1 Å². The van der Waals surface area contributed by atoms with Gasteiger partial charge in [-0.1, -0.05) is 52.1 Å². The summed E-state index contributed by atoms with van der Waals surface area (Å²) >= 11 is 15.7. The predicted octanol–water partition coefficient (Wildman–Crippen LogP) is 6.07. The summed E-state index contributed by atoms with van der Waals surface area (Å²) in [6, 6.07) is 7.42. The summed E-state index contributed by atoms with van der Waals surface area (Å²) in [5, 5.41) is 4.01. The highest BCUT2D eigenvalue weighted by Gasteiger charge is 2.12. The standard InChI is InChI=1S/C15H15BrCl2N2O/c1-3-6-19-14-11(17)8-12(18)15(20-14)21-13-7-10(16)5-4-9(13)2/h4-5,7-8H,3,6H2,1-2H3,(H,19,20). The van der Waals surface area contributed by atoms with E-state index >= 15 is 0 Å². The molecule has 0 aliphatic rings. The van der Waals surface area contributed by atoms with Crippen LogP contribution in [-0.4, -0.2) is 11.5 Å². The molecule has 0 amide bonds. The highest BCUT2D eigenvalue weighted by atomic mass is 79.9. The van der Waals surface area contributed by atoms with Crippen LogP contribution in [0.1, 0.15) is 18.9 Å². The molecule has 2 rings (SSSR count). The van der Waals surface area contributed by atoms with Gasteiger partial charge in [-0.15, -0.1) is 0 Å². The molecular formula is C15H15BrCl2N2O. The molecule has 0 unspecified atom stereocenters. The van der Waals surface area contributed by atoms with Gasteiger partial charge in [-0.3, -0.25) is 0 Å². The summed E-state index contributed by atoms with van der Waals surface area (Å²) in [5.41, 5.74) is 0.995. The summed E-state index contributed by atoms with van der Waals surface area (Å²) < 4.78 is 6.75. The van der Waals surface area contributed by atoms with Crippen LogP contribution in [0, 0.1) is 6.92 Å². The van der Waals surface area contributed by atoms with Crippen LogP contribution in [0.3, 0.4) is 0 Å². The molecule has 6 heteroatoms. The first-order chi connectivity index (χ1) is 10.0. The Morgan fingerprint density at radius 2 is 2.00 bits per heavy atom. The van der Waals surface area contributed by atoms with Crippen LogP contribution in [0.15, 0.2) is 28.7 Å². The van der Waals surface area contributed by atoms with E-state index in [1.54, 1.807) is 6.07 Å². The van der Waals surface area contributed by atoms with Crippen molar-refractivity contribution in [3.8, 4) is 11.6 Å². The van der Waals surface area contributed by atoms with E-state index in [4.69, 9.17) is 27.9 Å². The maximum absolute atomic E-state index is 6.17. The lowest BCUT2D eigenvalue weighted by Gasteiger charge is -2.13. The number of anilines is 1. The van der Waals surface area contributed by atoms with Crippen molar-refractivity contribution in [3.63, 3.8) is 0 Å². The first-order valence-corrected chi connectivity index (χ1v) is 8.10. The van der Waals surface area contributed by atoms with Gasteiger partial charge in [0, 0.05) is 11.0 Å². The van der Waals surface area contributed by atoms with Crippen molar-refractivity contribution < 1.29 is 4.74 Å². The van der Waals surface area contributed by atoms with Gasteiger partial charge in [-0.2, -0.15) is 4.98 Å². The fourth-order valence-electron chi connectivity index (χ4n) is 1.68. The minimum absolute atomic E-state index is 0.334. The second kappa shape index (κ2) is 7.34. The van der Waals surface area contributed by atoms with E-state index < -0.39 is 0 Å². The summed E-state index contributed by atoms with van der Waals surface area (Å²) in [5.74, 6) is 1.61. The summed E-state index contributed by atoms with van der Waals surface area (Å²) in [4.78, 5) is 4.36. The average molecular weight is 390 g/mol. The zero-order valence-electron chi connectivity index (χ0n) is 11.7. The summed E-state index contributed by atoms with van der Waals surface area (Å²) in [6.07, 6.45) is 0.974. The molecule has 1 aromatic carbocycles. The van der Waals surface area contributed by atoms with Crippen molar-refractivity contribution in [1.29, 1.82) is 0 Å². The maximum Gasteiger partial charge on any atom is 0.240 e. The number of hydrogen-bond donors (Lipinski definition) is 1. The van der Waals surface area contributed by atoms with E-state index in [0.717, 1.165) is 23.0 Å². The van der Waals surface area contributed by atoms with Crippen LogP contribution < -0.4 is 10.1 Å². The zero-order chi connectivity index (χ0) is 15.4. The second-order valence-electron chi connectivity index (χ2n) is 4.54. The SMILES string of the molecule is CCCNc1nc(Oc2cc(Br)ccc2C)c(Cl)cc1Cl. The fourth-order valence-corrected chi connectivity index (χ4v) is 2.48. The number of halogens is 3. The third-order valence-electron chi connectivity index (χ3n) is 2.80. The zero-order valence-corrected chi connectivity index (χ0v) is 14.8. The van der Waals surface area contributed by atoms with Crippen molar-refractivity contribution >= 4 is 44.9 Å². The molecule has 0 bridgehead atoms. The Morgan fingerprint density at radius 3 is 2.71 bits per heavy atom. The molecule has 21 heavy (non-hydrogen) atoms. The van der Waals surface area contributed by atoms with Crippen molar-refractivity contribution in [3.05, 3.63) is 44.3 Å². The third-order valence-corrected chi connectivity index (χ3v) is 3.85. The number of benzene rings is 1. The molecule has 0 aliphatic heterocycles. The van der Waals surface area contributed by atoms with E-state index in [2.05, 4.69) is 33.2 Å². The molecule has 112 valence electrons. The second-order valence-corrected chi connectivity index (χ2v) is 6.27. The molecule has 1 N–H and O–H groups in total. The topological polar surface area (TPSA) is 34.2 Å². The van der Waals surface area contributed by atoms with Crippen molar-refractivity contribution in [1.82, 2.24) is 4.98 Å². The van der Waals surface area contributed by atoms with Crippen LogP contribution in [-0.2, 0) is 0 Å². The largest absolute Gasteiger partial charge is 0.437 e. The van der Waals surface area contributed by atoms with Gasteiger partial charge in [0.1, 0.15) is 16.6 Å². The molecule has 0 saturated heterocycles. The van der Waals surface area contributed by atoms with Gasteiger partial charge in [0.05, 0.1) is 5.02 Å². The molecule has 1 aromatic heterocycles. The number of nitrogens with zero attached hydrogens (tertiary/aromatic N) is 1. The lowest BCUT2D eigenvalue weighted by molar-refractivity contribution is 0.460. The molecule has 0 fully saturated rings. The number of nitrogens with one attached hydrogen (secondary N) is 1. The van der Waals surface area contributed by atoms with Crippen LogP contribution in [0.25, 0.3) is 0 Å². The van der Waals surface area contributed by atoms with Gasteiger partial charge in [0.15, 0.2) is 0 Å². The number of ether oxygens (including phenoxy) is 1. The van der Waals surface area contributed by atoms with Crippen molar-refractivity contribution in [2.24, 2.45) is 0 Å². The summed E-state index contributed by atoms with van der Waals surface area (Å²) in [6.45, 7) is 4.81. The molecule has 0 saturated carbocycles. The number of aromatic nitrogens is 1. The van der Waals surface area contributed by atoms with Crippen LogP contribution in [0.5, 0.6) is 11.6 Å². The molecule has 0 spiro atoms. The smallest absolute Gasteiger partial charge is 0.240 e. The lowest BCUT2D eigenvalue weighted by Crippen LogP contribution is -2.03. The quantitative estimate of drug-likeness (QED) is 0.673. The van der Waals surface area contributed by atoms with Crippen molar-refractivity contribution in [2.75, 3.05) is 11.9 Å². The van der Waals surface area contributed by atoms with Gasteiger partial charge >= 0.3 is 0 Å². The average Bonchev–Trinajstić information content (AvgIpc) is 2.44. The molecule has 0 aliphatic carbocycles. The number of pyridine rings is 1. The molecule has 0 radical (unpaired) electrons. The Labute approximate surface area is 142 Å². The minimum Gasteiger partial charge on any atom is -0.437 e. The van der Waals surface area contributed by atoms with Gasteiger partial charge < -0.3 is 10.1 Å². The van der Waals surface area contributed by atoms with Crippen LogP contribution in [0.2, 0.25) is 10.0 Å². The fraction of sp³-hybridized carbons (Fsp3) is 0.267. The normalized spacial score (nSPS) is 10.5. The maximum atomic E-state index is 6.17. The summed E-state index contributed by atoms with van der Waals surface area (Å²) in [7, 11) is 0. The van der Waals surface area contributed by atoms with E-state index in [0.29, 0.717) is 27.5 Å². The van der Waals surface area contributed by atoms with Crippen molar-refractivity contribution in [2.45, 2.75) is 20.3 Å².